The zero-order chi connectivity index (χ0) is 18.7. The van der Waals surface area contributed by atoms with E-state index in [1.165, 1.54) is 0 Å². The van der Waals surface area contributed by atoms with Crippen molar-refractivity contribution in [3.05, 3.63) is 64.0 Å². The molecule has 0 radical (unpaired) electrons. The van der Waals surface area contributed by atoms with Crippen LogP contribution in [0.15, 0.2) is 57.7 Å². The summed E-state index contributed by atoms with van der Waals surface area (Å²) >= 11 is 5.89. The van der Waals surface area contributed by atoms with Gasteiger partial charge in [-0.1, -0.05) is 23.7 Å². The maximum absolute atomic E-state index is 12.3. The number of ether oxygens (including phenoxy) is 2. The predicted octanol–water partition coefficient (Wildman–Crippen LogP) is 4.44. The fourth-order valence-electron chi connectivity index (χ4n) is 2.51. The van der Waals surface area contributed by atoms with Crippen molar-refractivity contribution >= 4 is 28.5 Å². The van der Waals surface area contributed by atoms with Crippen molar-refractivity contribution in [2.75, 3.05) is 6.61 Å². The van der Waals surface area contributed by atoms with Crippen LogP contribution in [0, 0.1) is 0 Å². The molecule has 1 heterocycles. The smallest absolute Gasteiger partial charge is 0.347 e. The van der Waals surface area contributed by atoms with Crippen molar-refractivity contribution in [1.29, 1.82) is 0 Å². The van der Waals surface area contributed by atoms with Crippen LogP contribution in [0.1, 0.15) is 13.8 Å². The minimum Gasteiger partial charge on any atom is -0.479 e. The van der Waals surface area contributed by atoms with Gasteiger partial charge < -0.3 is 13.9 Å². The molecule has 0 N–H and O–H groups in total. The molecule has 6 heteroatoms. The zero-order valence-electron chi connectivity index (χ0n) is 14.3. The van der Waals surface area contributed by atoms with Crippen LogP contribution in [0.25, 0.3) is 22.1 Å². The van der Waals surface area contributed by atoms with Crippen molar-refractivity contribution in [2.45, 2.75) is 20.0 Å². The molecule has 0 saturated carbocycles. The molecule has 0 fully saturated rings. The topological polar surface area (TPSA) is 65.7 Å². The first kappa shape index (κ1) is 18.0. The minimum atomic E-state index is -0.757. The van der Waals surface area contributed by atoms with Gasteiger partial charge >= 0.3 is 11.6 Å². The number of hydrogen-bond donors (Lipinski definition) is 0. The lowest BCUT2D eigenvalue weighted by Gasteiger charge is -2.13. The van der Waals surface area contributed by atoms with Crippen LogP contribution >= 0.6 is 11.6 Å². The van der Waals surface area contributed by atoms with Gasteiger partial charge in [0.1, 0.15) is 11.3 Å². The molecule has 0 amide bonds. The first-order valence-corrected chi connectivity index (χ1v) is 8.53. The number of rotatable bonds is 5. The highest BCUT2D eigenvalue weighted by Gasteiger charge is 2.16. The summed E-state index contributed by atoms with van der Waals surface area (Å²) in [5.74, 6) is -0.0346. The van der Waals surface area contributed by atoms with Gasteiger partial charge in [-0.05, 0) is 49.7 Å². The van der Waals surface area contributed by atoms with E-state index in [-0.39, 0.29) is 6.61 Å². The zero-order valence-corrected chi connectivity index (χ0v) is 15.1. The Hall–Kier alpha value is -2.79. The summed E-state index contributed by atoms with van der Waals surface area (Å²) in [6, 6.07) is 13.8. The molecule has 0 aliphatic heterocycles. The molecule has 0 spiro atoms. The van der Waals surface area contributed by atoms with Crippen LogP contribution < -0.4 is 10.4 Å². The Kier molecular flexibility index (Phi) is 5.28. The van der Waals surface area contributed by atoms with E-state index in [9.17, 15) is 9.59 Å². The summed E-state index contributed by atoms with van der Waals surface area (Å²) in [5.41, 5.74) is 1.08. The monoisotopic (exact) mass is 372 g/mol. The number of fused-ring (bicyclic) bond motifs is 1. The van der Waals surface area contributed by atoms with E-state index in [0.29, 0.717) is 21.9 Å². The highest BCUT2D eigenvalue weighted by Crippen LogP contribution is 2.25. The lowest BCUT2D eigenvalue weighted by Crippen LogP contribution is -2.26. The molecule has 3 aromatic rings. The van der Waals surface area contributed by atoms with Crippen molar-refractivity contribution in [3.8, 4) is 16.9 Å². The molecule has 2 aromatic carbocycles. The maximum Gasteiger partial charge on any atom is 0.347 e. The standard InChI is InChI=1S/C20H17ClO5/c1-3-24-19(22)12(2)25-16-9-6-14-10-17(20(23)26-18(14)11-16)13-4-7-15(21)8-5-13/h4-12H,3H2,1-2H3/t12-/m0/s1. The summed E-state index contributed by atoms with van der Waals surface area (Å²) in [6.45, 7) is 3.61. The molecule has 5 nitrogen and oxygen atoms in total. The van der Waals surface area contributed by atoms with Crippen LogP contribution in [0.3, 0.4) is 0 Å². The molecule has 0 saturated heterocycles. The summed E-state index contributed by atoms with van der Waals surface area (Å²) in [6.07, 6.45) is -0.757. The van der Waals surface area contributed by atoms with Crippen molar-refractivity contribution < 1.29 is 18.7 Å². The number of hydrogen-bond acceptors (Lipinski definition) is 5. The summed E-state index contributed by atoms with van der Waals surface area (Å²) in [7, 11) is 0. The molecule has 0 unspecified atom stereocenters. The molecule has 1 atom stereocenters. The molecule has 134 valence electrons. The lowest BCUT2D eigenvalue weighted by molar-refractivity contribution is -0.150. The Morgan fingerprint density at radius 1 is 1.15 bits per heavy atom. The van der Waals surface area contributed by atoms with Crippen LogP contribution in [0.4, 0.5) is 0 Å². The van der Waals surface area contributed by atoms with E-state index in [0.717, 1.165) is 10.9 Å². The Morgan fingerprint density at radius 2 is 1.88 bits per heavy atom. The van der Waals surface area contributed by atoms with Gasteiger partial charge in [0.25, 0.3) is 0 Å². The molecule has 0 aliphatic rings. The van der Waals surface area contributed by atoms with E-state index >= 15 is 0 Å². The van der Waals surface area contributed by atoms with Crippen molar-refractivity contribution in [1.82, 2.24) is 0 Å². The number of carbonyl (C=O) groups excluding carboxylic acids is 1. The number of esters is 1. The van der Waals surface area contributed by atoms with Gasteiger partial charge in [0.2, 0.25) is 0 Å². The molecular formula is C20H17ClO5. The highest BCUT2D eigenvalue weighted by atomic mass is 35.5. The fourth-order valence-corrected chi connectivity index (χ4v) is 2.63. The lowest BCUT2D eigenvalue weighted by atomic mass is 10.1. The Labute approximate surface area is 155 Å². The van der Waals surface area contributed by atoms with Crippen molar-refractivity contribution in [2.24, 2.45) is 0 Å². The Bertz CT molecular complexity index is 991. The number of carbonyl (C=O) groups is 1. The van der Waals surface area contributed by atoms with Gasteiger partial charge in [0, 0.05) is 16.5 Å². The quantitative estimate of drug-likeness (QED) is 0.489. The first-order chi connectivity index (χ1) is 12.5. The van der Waals surface area contributed by atoms with Crippen molar-refractivity contribution in [3.63, 3.8) is 0 Å². The van der Waals surface area contributed by atoms with Gasteiger partial charge in [0.05, 0.1) is 12.2 Å². The van der Waals surface area contributed by atoms with E-state index in [4.69, 9.17) is 25.5 Å². The third-order valence-electron chi connectivity index (χ3n) is 3.79. The van der Waals surface area contributed by atoms with Crippen LogP contribution in [-0.2, 0) is 9.53 Å². The normalized spacial score (nSPS) is 12.0. The molecule has 1 aromatic heterocycles. The second-order valence-corrected chi connectivity index (χ2v) is 6.10. The van der Waals surface area contributed by atoms with Crippen LogP contribution in [0.5, 0.6) is 5.75 Å². The molecule has 26 heavy (non-hydrogen) atoms. The van der Waals surface area contributed by atoms with Crippen LogP contribution in [0.2, 0.25) is 5.02 Å². The minimum absolute atomic E-state index is 0.284. The maximum atomic E-state index is 12.3. The van der Waals surface area contributed by atoms with E-state index in [1.807, 2.05) is 0 Å². The highest BCUT2D eigenvalue weighted by molar-refractivity contribution is 6.30. The van der Waals surface area contributed by atoms with Gasteiger partial charge in [-0.3, -0.25) is 0 Å². The number of benzene rings is 2. The predicted molar refractivity (Wildman–Crippen MR) is 99.7 cm³/mol. The fraction of sp³-hybridized carbons (Fsp3) is 0.200. The third kappa shape index (κ3) is 3.89. The first-order valence-electron chi connectivity index (χ1n) is 8.15. The van der Waals surface area contributed by atoms with E-state index in [1.54, 1.807) is 62.4 Å². The van der Waals surface area contributed by atoms with E-state index < -0.39 is 17.7 Å². The second kappa shape index (κ2) is 7.62. The Balaban J connectivity index is 1.92. The molecule has 3 rings (SSSR count). The summed E-state index contributed by atoms with van der Waals surface area (Å²) in [4.78, 5) is 24.0. The molecular weight excluding hydrogens is 356 g/mol. The molecule has 0 aliphatic carbocycles. The molecule has 0 bridgehead atoms. The summed E-state index contributed by atoms with van der Waals surface area (Å²) in [5, 5.41) is 1.34. The average molecular weight is 373 g/mol. The summed E-state index contributed by atoms with van der Waals surface area (Å²) < 4.78 is 15.9. The second-order valence-electron chi connectivity index (χ2n) is 5.67. The largest absolute Gasteiger partial charge is 0.479 e. The van der Waals surface area contributed by atoms with Gasteiger partial charge in [0.15, 0.2) is 6.10 Å². The third-order valence-corrected chi connectivity index (χ3v) is 4.05. The van der Waals surface area contributed by atoms with Gasteiger partial charge in [-0.15, -0.1) is 0 Å². The average Bonchev–Trinajstić information content (AvgIpc) is 2.62. The Morgan fingerprint density at radius 3 is 2.58 bits per heavy atom. The van der Waals surface area contributed by atoms with Gasteiger partial charge in [-0.2, -0.15) is 0 Å². The van der Waals surface area contributed by atoms with Crippen LogP contribution in [-0.4, -0.2) is 18.7 Å². The van der Waals surface area contributed by atoms with Gasteiger partial charge in [-0.25, -0.2) is 9.59 Å². The SMILES string of the molecule is CCOC(=O)[C@H](C)Oc1ccc2cc(-c3ccc(Cl)cc3)c(=O)oc2c1. The van der Waals surface area contributed by atoms with E-state index in [2.05, 4.69) is 0 Å². The number of halogens is 1.